The Morgan fingerprint density at radius 2 is 1.95 bits per heavy atom. The van der Waals surface area contributed by atoms with Gasteiger partial charge in [0.05, 0.1) is 34.9 Å². The van der Waals surface area contributed by atoms with Crippen LogP contribution in [0.3, 0.4) is 0 Å². The normalized spacial score (nSPS) is 16.3. The number of aromatic nitrogens is 2. The van der Waals surface area contributed by atoms with Gasteiger partial charge in [-0.1, -0.05) is 41.9 Å². The molecule has 0 saturated carbocycles. The van der Waals surface area contributed by atoms with E-state index in [9.17, 15) is 13.2 Å². The first kappa shape index (κ1) is 25.5. The van der Waals surface area contributed by atoms with Crippen LogP contribution < -0.4 is 15.2 Å². The summed E-state index contributed by atoms with van der Waals surface area (Å²) in [7, 11) is -2.36. The number of hydrogen-bond acceptors (Lipinski definition) is 7. The van der Waals surface area contributed by atoms with Crippen LogP contribution in [0.2, 0.25) is 4.34 Å². The van der Waals surface area contributed by atoms with E-state index in [4.69, 9.17) is 22.1 Å². The molecule has 1 atom stereocenters. The topological polar surface area (TPSA) is 120 Å². The summed E-state index contributed by atoms with van der Waals surface area (Å²) in [6.07, 6.45) is 1.73. The van der Waals surface area contributed by atoms with Gasteiger partial charge in [-0.15, -0.1) is 11.3 Å². The number of carbonyl (C=O) groups excluding carboxylic acids is 1. The molecule has 4 aromatic rings. The third-order valence-corrected chi connectivity index (χ3v) is 9.47. The fourth-order valence-electron chi connectivity index (χ4n) is 4.75. The molecule has 37 heavy (non-hydrogen) atoms. The summed E-state index contributed by atoms with van der Waals surface area (Å²) < 4.78 is 36.4. The summed E-state index contributed by atoms with van der Waals surface area (Å²) in [5.74, 6) is 0.394. The standard InChI is InChI=1S/C25H26ClN5O4S2/c1-35-20-9-3-7-18-23(20)25(29-37(33,34)22-11-10-21(26)36-22)28-31(18)15-17-6-2-5-16(13-17)14-30-12-4-8-19(30)24(27)32/h2-3,5-7,9-11,13,19H,4,8,12,14-15H2,1H3,(H2,27,32)(H,28,29)/t19-/m0/s1. The Bertz CT molecular complexity index is 1570. The summed E-state index contributed by atoms with van der Waals surface area (Å²) >= 11 is 6.93. The quantitative estimate of drug-likeness (QED) is 0.319. The summed E-state index contributed by atoms with van der Waals surface area (Å²) in [6.45, 7) is 1.87. The van der Waals surface area contributed by atoms with Gasteiger partial charge in [0.1, 0.15) is 9.96 Å². The van der Waals surface area contributed by atoms with E-state index in [0.717, 1.165) is 47.4 Å². The highest BCUT2D eigenvalue weighted by atomic mass is 35.5. The second kappa shape index (κ2) is 10.3. The van der Waals surface area contributed by atoms with Crippen LogP contribution in [0.15, 0.2) is 58.8 Å². The highest BCUT2D eigenvalue weighted by molar-refractivity contribution is 7.94. The number of hydrogen-bond donors (Lipinski definition) is 2. The molecule has 0 aliphatic carbocycles. The maximum absolute atomic E-state index is 13.0. The molecule has 1 aliphatic rings. The van der Waals surface area contributed by atoms with Crippen molar-refractivity contribution < 1.29 is 17.9 Å². The van der Waals surface area contributed by atoms with Crippen LogP contribution in [0.5, 0.6) is 5.75 Å². The molecule has 5 rings (SSSR count). The van der Waals surface area contributed by atoms with Crippen LogP contribution in [0.4, 0.5) is 5.82 Å². The van der Waals surface area contributed by atoms with E-state index in [1.807, 2.05) is 30.3 Å². The highest BCUT2D eigenvalue weighted by Gasteiger charge is 2.29. The van der Waals surface area contributed by atoms with E-state index in [2.05, 4.69) is 20.8 Å². The van der Waals surface area contributed by atoms with Crippen LogP contribution in [0.1, 0.15) is 24.0 Å². The van der Waals surface area contributed by atoms with Gasteiger partial charge in [-0.05, 0) is 54.8 Å². The minimum Gasteiger partial charge on any atom is -0.496 e. The van der Waals surface area contributed by atoms with Crippen molar-refractivity contribution in [3.63, 3.8) is 0 Å². The summed E-state index contributed by atoms with van der Waals surface area (Å²) in [4.78, 5) is 13.9. The number of anilines is 1. The zero-order valence-corrected chi connectivity index (χ0v) is 22.4. The lowest BCUT2D eigenvalue weighted by molar-refractivity contribution is -0.122. The fourth-order valence-corrected chi connectivity index (χ4v) is 7.24. The third kappa shape index (κ3) is 5.30. The van der Waals surface area contributed by atoms with E-state index < -0.39 is 10.0 Å². The summed E-state index contributed by atoms with van der Waals surface area (Å²) in [6, 6.07) is 16.3. The molecule has 1 saturated heterocycles. The number of fused-ring (bicyclic) bond motifs is 1. The molecule has 2 aromatic carbocycles. The van der Waals surface area contributed by atoms with Crippen molar-refractivity contribution in [1.29, 1.82) is 0 Å². The number of sulfonamides is 1. The molecule has 1 aliphatic heterocycles. The Morgan fingerprint density at radius 1 is 1.19 bits per heavy atom. The maximum Gasteiger partial charge on any atom is 0.272 e. The van der Waals surface area contributed by atoms with Crippen LogP contribution in [0, 0.1) is 0 Å². The van der Waals surface area contributed by atoms with Gasteiger partial charge in [0, 0.05) is 6.54 Å². The lowest BCUT2D eigenvalue weighted by Gasteiger charge is -2.22. The lowest BCUT2D eigenvalue weighted by Crippen LogP contribution is -2.39. The van der Waals surface area contributed by atoms with Crippen molar-refractivity contribution in [3.8, 4) is 5.75 Å². The number of benzene rings is 2. The van der Waals surface area contributed by atoms with E-state index in [-0.39, 0.29) is 22.0 Å². The van der Waals surface area contributed by atoms with Crippen molar-refractivity contribution in [2.75, 3.05) is 18.4 Å². The van der Waals surface area contributed by atoms with Crippen molar-refractivity contribution in [2.24, 2.45) is 5.73 Å². The number of carbonyl (C=O) groups is 1. The van der Waals surface area contributed by atoms with Gasteiger partial charge in [-0.3, -0.25) is 19.1 Å². The number of rotatable bonds is 9. The number of halogens is 1. The van der Waals surface area contributed by atoms with Crippen molar-refractivity contribution in [3.05, 3.63) is 70.1 Å². The van der Waals surface area contributed by atoms with Crippen molar-refractivity contribution >= 4 is 55.6 Å². The van der Waals surface area contributed by atoms with Gasteiger partial charge in [0.2, 0.25) is 5.91 Å². The molecule has 3 N–H and O–H groups in total. The third-order valence-electron chi connectivity index (χ3n) is 6.41. The first-order valence-corrected chi connectivity index (χ1v) is 14.4. The molecule has 12 heteroatoms. The molecule has 1 fully saturated rings. The molecule has 0 spiro atoms. The number of ether oxygens (including phenoxy) is 1. The smallest absolute Gasteiger partial charge is 0.272 e. The molecule has 2 aromatic heterocycles. The number of nitrogens with two attached hydrogens (primary N) is 1. The lowest BCUT2D eigenvalue weighted by atomic mass is 10.1. The predicted octanol–water partition coefficient (Wildman–Crippen LogP) is 4.06. The Balaban J connectivity index is 1.46. The molecule has 0 radical (unpaired) electrons. The Labute approximate surface area is 223 Å². The summed E-state index contributed by atoms with van der Waals surface area (Å²) in [5.41, 5.74) is 8.35. The number of amides is 1. The van der Waals surface area contributed by atoms with Gasteiger partial charge in [-0.25, -0.2) is 8.42 Å². The Hall–Kier alpha value is -3.12. The van der Waals surface area contributed by atoms with E-state index in [0.29, 0.717) is 28.6 Å². The van der Waals surface area contributed by atoms with Crippen LogP contribution in [-0.4, -0.2) is 48.7 Å². The summed E-state index contributed by atoms with van der Waals surface area (Å²) in [5, 5.41) is 5.19. The van der Waals surface area contributed by atoms with Gasteiger partial charge in [0.25, 0.3) is 10.0 Å². The molecule has 1 amide bonds. The molecule has 194 valence electrons. The molecule has 0 unspecified atom stereocenters. The molecule has 9 nitrogen and oxygen atoms in total. The number of methoxy groups -OCH3 is 1. The van der Waals surface area contributed by atoms with E-state index in [1.54, 1.807) is 16.8 Å². The van der Waals surface area contributed by atoms with Crippen LogP contribution >= 0.6 is 22.9 Å². The second-order valence-electron chi connectivity index (χ2n) is 8.88. The largest absolute Gasteiger partial charge is 0.496 e. The van der Waals surface area contributed by atoms with Gasteiger partial charge >= 0.3 is 0 Å². The minimum atomic E-state index is -3.89. The minimum absolute atomic E-state index is 0.0963. The molecule has 0 bridgehead atoms. The average molecular weight is 560 g/mol. The Kier molecular flexibility index (Phi) is 7.13. The highest BCUT2D eigenvalue weighted by Crippen LogP contribution is 2.35. The second-order valence-corrected chi connectivity index (χ2v) is 12.5. The number of likely N-dealkylation sites (tertiary alicyclic amines) is 1. The number of nitrogens with zero attached hydrogens (tertiary/aromatic N) is 3. The van der Waals surface area contributed by atoms with Crippen molar-refractivity contribution in [1.82, 2.24) is 14.7 Å². The van der Waals surface area contributed by atoms with E-state index in [1.165, 1.54) is 13.2 Å². The Morgan fingerprint density at radius 3 is 2.65 bits per heavy atom. The molecular formula is C25H26ClN5O4S2. The van der Waals surface area contributed by atoms with Crippen LogP contribution in [-0.2, 0) is 27.9 Å². The number of nitrogens with one attached hydrogen (secondary N) is 1. The van der Waals surface area contributed by atoms with Gasteiger partial charge in [-0.2, -0.15) is 5.10 Å². The monoisotopic (exact) mass is 559 g/mol. The molecular weight excluding hydrogens is 534 g/mol. The first-order chi connectivity index (χ1) is 17.7. The van der Waals surface area contributed by atoms with E-state index >= 15 is 0 Å². The number of thiophene rings is 1. The van der Waals surface area contributed by atoms with Crippen LogP contribution in [0.25, 0.3) is 10.9 Å². The van der Waals surface area contributed by atoms with Crippen molar-refractivity contribution in [2.45, 2.75) is 36.2 Å². The zero-order chi connectivity index (χ0) is 26.2. The SMILES string of the molecule is COc1cccc2c1c(NS(=O)(=O)c1ccc(Cl)s1)nn2Cc1cccc(CN2CCC[C@H]2C(N)=O)c1. The molecule has 3 heterocycles. The zero-order valence-electron chi connectivity index (χ0n) is 20.1. The maximum atomic E-state index is 13.0. The predicted molar refractivity (Wildman–Crippen MR) is 145 cm³/mol. The van der Waals surface area contributed by atoms with Gasteiger partial charge < -0.3 is 10.5 Å². The average Bonchev–Trinajstić information content (AvgIpc) is 3.59. The van der Waals surface area contributed by atoms with Gasteiger partial charge in [0.15, 0.2) is 5.82 Å². The number of primary amides is 1. The first-order valence-electron chi connectivity index (χ1n) is 11.7. The fraction of sp³-hybridized carbons (Fsp3) is 0.280.